The molecule has 0 amide bonds. The van der Waals surface area contributed by atoms with Crippen molar-refractivity contribution in [3.05, 3.63) is 23.3 Å². The van der Waals surface area contributed by atoms with Crippen LogP contribution in [-0.2, 0) is 16.6 Å². The summed E-state index contributed by atoms with van der Waals surface area (Å²) in [6.45, 7) is 4.57. The Morgan fingerprint density at radius 3 is 2.92 bits per heavy atom. The number of Topliss-reactive ketones (excluding diaryl/α,β-unsaturated/α-hetero) is 1. The van der Waals surface area contributed by atoms with Crippen molar-refractivity contribution < 1.29 is 19.4 Å². The van der Waals surface area contributed by atoms with Crippen LogP contribution in [0.25, 0.3) is 0 Å². The van der Waals surface area contributed by atoms with Gasteiger partial charge in [0.25, 0.3) is 0 Å². The van der Waals surface area contributed by atoms with Gasteiger partial charge in [0.2, 0.25) is 0 Å². The number of benzene rings is 1. The molecule has 2 bridgehead atoms. The van der Waals surface area contributed by atoms with E-state index in [1.807, 2.05) is 27.0 Å². The van der Waals surface area contributed by atoms with Crippen LogP contribution in [0.5, 0.6) is 11.5 Å². The van der Waals surface area contributed by atoms with E-state index >= 15 is 0 Å². The number of nitrogens with zero attached hydrogens (tertiary/aromatic N) is 1. The molecular formula is C19H25NO4. The number of hydrogen-bond acceptors (Lipinski definition) is 5. The van der Waals surface area contributed by atoms with Crippen LogP contribution in [0.1, 0.15) is 37.8 Å². The van der Waals surface area contributed by atoms with Gasteiger partial charge in [-0.3, -0.25) is 4.79 Å². The minimum Gasteiger partial charge on any atom is -0.493 e. The third kappa shape index (κ3) is 1.64. The Labute approximate surface area is 142 Å². The number of fused-ring (bicyclic) bond motifs is 1. The van der Waals surface area contributed by atoms with Gasteiger partial charge in [0.05, 0.1) is 18.1 Å². The standard InChI is InChI=1S/C19H25NO4/c1-5-12(21)17-19-8-9-20(3)14(18(19,2)22)10-11-6-7-13(23-4)16(24-17)15(11)19/h6-7,14,17,22H,5,8-10H2,1-4H3/t14-,17+,18-,19+/m1/s1. The molecule has 1 N–H and O–H groups in total. The van der Waals surface area contributed by atoms with Crippen molar-refractivity contribution in [1.29, 1.82) is 0 Å². The number of aliphatic hydroxyl groups is 1. The molecule has 2 aliphatic heterocycles. The Kier molecular flexibility index (Phi) is 3.29. The maximum absolute atomic E-state index is 12.8. The van der Waals surface area contributed by atoms with E-state index in [0.29, 0.717) is 24.3 Å². The zero-order valence-electron chi connectivity index (χ0n) is 14.8. The second-order valence-corrected chi connectivity index (χ2v) is 7.52. The fourth-order valence-corrected chi connectivity index (χ4v) is 5.24. The number of hydrogen-bond donors (Lipinski definition) is 1. The smallest absolute Gasteiger partial charge is 0.174 e. The van der Waals surface area contributed by atoms with Crippen molar-refractivity contribution in [3.63, 3.8) is 0 Å². The van der Waals surface area contributed by atoms with Crippen LogP contribution in [-0.4, -0.2) is 54.2 Å². The normalized spacial score (nSPS) is 36.9. The Bertz CT molecular complexity index is 714. The number of likely N-dealkylation sites (N-methyl/N-ethyl adjacent to an activating group) is 1. The maximum Gasteiger partial charge on any atom is 0.174 e. The molecule has 0 unspecified atom stereocenters. The van der Waals surface area contributed by atoms with E-state index in [1.54, 1.807) is 7.11 Å². The monoisotopic (exact) mass is 331 g/mol. The summed E-state index contributed by atoms with van der Waals surface area (Å²) in [7, 11) is 3.66. The van der Waals surface area contributed by atoms with Crippen LogP contribution in [0.2, 0.25) is 0 Å². The molecule has 3 aliphatic rings. The summed E-state index contributed by atoms with van der Waals surface area (Å²) in [5, 5.41) is 11.6. The van der Waals surface area contributed by atoms with Crippen molar-refractivity contribution >= 4 is 5.78 Å². The molecule has 1 aromatic rings. The van der Waals surface area contributed by atoms with Gasteiger partial charge in [0, 0.05) is 18.0 Å². The van der Waals surface area contributed by atoms with Gasteiger partial charge in [-0.25, -0.2) is 0 Å². The number of carbonyl (C=O) groups excluding carboxylic acids is 1. The van der Waals surface area contributed by atoms with E-state index in [9.17, 15) is 9.90 Å². The second kappa shape index (κ2) is 4.96. The lowest BCUT2D eigenvalue weighted by atomic mass is 9.53. The van der Waals surface area contributed by atoms with Gasteiger partial charge < -0.3 is 19.5 Å². The minimum atomic E-state index is -1.03. The summed E-state index contributed by atoms with van der Waals surface area (Å²) >= 11 is 0. The van der Waals surface area contributed by atoms with Crippen LogP contribution in [0, 0.1) is 0 Å². The highest BCUT2D eigenvalue weighted by molar-refractivity contribution is 5.88. The minimum absolute atomic E-state index is 0.0196. The summed E-state index contributed by atoms with van der Waals surface area (Å²) in [6.07, 6.45) is 1.22. The first-order valence-electron chi connectivity index (χ1n) is 8.70. The molecule has 0 radical (unpaired) electrons. The number of ketones is 1. The highest BCUT2D eigenvalue weighted by Gasteiger charge is 2.69. The molecule has 1 fully saturated rings. The van der Waals surface area contributed by atoms with Crippen molar-refractivity contribution in [2.45, 2.75) is 56.3 Å². The van der Waals surface area contributed by atoms with Crippen LogP contribution < -0.4 is 9.47 Å². The summed E-state index contributed by atoms with van der Waals surface area (Å²) in [5.41, 5.74) is 0.456. The van der Waals surface area contributed by atoms with Gasteiger partial charge in [-0.15, -0.1) is 0 Å². The van der Waals surface area contributed by atoms with E-state index in [0.717, 1.165) is 18.5 Å². The largest absolute Gasteiger partial charge is 0.493 e. The number of rotatable bonds is 3. The van der Waals surface area contributed by atoms with Gasteiger partial charge in [0.1, 0.15) is 0 Å². The third-order valence-corrected chi connectivity index (χ3v) is 6.55. The molecule has 24 heavy (non-hydrogen) atoms. The fourth-order valence-electron chi connectivity index (χ4n) is 5.24. The van der Waals surface area contributed by atoms with Gasteiger partial charge in [-0.1, -0.05) is 13.0 Å². The maximum atomic E-state index is 12.8. The van der Waals surface area contributed by atoms with Crippen LogP contribution in [0.15, 0.2) is 12.1 Å². The summed E-state index contributed by atoms with van der Waals surface area (Å²) in [6, 6.07) is 3.96. The number of piperidine rings is 1. The van der Waals surface area contributed by atoms with E-state index in [4.69, 9.17) is 9.47 Å². The highest BCUT2D eigenvalue weighted by Crippen LogP contribution is 2.61. The average Bonchev–Trinajstić information content (AvgIpc) is 2.91. The predicted octanol–water partition coefficient (Wildman–Crippen LogP) is 1.68. The van der Waals surface area contributed by atoms with Gasteiger partial charge in [-0.05, 0) is 45.0 Å². The Balaban J connectivity index is 2.02. The number of likely N-dealkylation sites (tertiary alicyclic amines) is 1. The molecule has 4 rings (SSSR count). The van der Waals surface area contributed by atoms with Crippen molar-refractivity contribution in [2.24, 2.45) is 0 Å². The van der Waals surface area contributed by atoms with E-state index in [-0.39, 0.29) is 11.8 Å². The first-order chi connectivity index (χ1) is 11.4. The van der Waals surface area contributed by atoms with E-state index < -0.39 is 17.1 Å². The lowest BCUT2D eigenvalue weighted by molar-refractivity contribution is -0.160. The predicted molar refractivity (Wildman–Crippen MR) is 89.7 cm³/mol. The first kappa shape index (κ1) is 15.9. The molecule has 5 heteroatoms. The van der Waals surface area contributed by atoms with Crippen LogP contribution in [0.3, 0.4) is 0 Å². The fraction of sp³-hybridized carbons (Fsp3) is 0.632. The second-order valence-electron chi connectivity index (χ2n) is 7.52. The molecule has 1 spiro atoms. The third-order valence-electron chi connectivity index (χ3n) is 6.55. The molecule has 1 saturated heterocycles. The molecule has 1 aliphatic carbocycles. The van der Waals surface area contributed by atoms with Gasteiger partial charge in [0.15, 0.2) is 23.4 Å². The molecule has 0 aromatic heterocycles. The van der Waals surface area contributed by atoms with E-state index in [2.05, 4.69) is 11.0 Å². The number of methoxy groups -OCH3 is 1. The van der Waals surface area contributed by atoms with Crippen molar-refractivity contribution in [1.82, 2.24) is 4.90 Å². The first-order valence-corrected chi connectivity index (χ1v) is 8.70. The van der Waals surface area contributed by atoms with Crippen LogP contribution >= 0.6 is 0 Å². The quantitative estimate of drug-likeness (QED) is 0.913. The highest BCUT2D eigenvalue weighted by atomic mass is 16.5. The molecule has 2 heterocycles. The van der Waals surface area contributed by atoms with Gasteiger partial charge >= 0.3 is 0 Å². The lowest BCUT2D eigenvalue weighted by Crippen LogP contribution is -2.73. The lowest BCUT2D eigenvalue weighted by Gasteiger charge is -2.58. The topological polar surface area (TPSA) is 59.0 Å². The molecule has 4 atom stereocenters. The van der Waals surface area contributed by atoms with Crippen molar-refractivity contribution in [2.75, 3.05) is 20.7 Å². The van der Waals surface area contributed by atoms with Gasteiger partial charge in [-0.2, -0.15) is 0 Å². The SMILES string of the molecule is CCC(=O)[C@@H]1Oc2c(OC)ccc3c2[C@@]12CCN(C)[C@H](C3)[C@@]2(C)O. The molecule has 5 nitrogen and oxygen atoms in total. The summed E-state index contributed by atoms with van der Waals surface area (Å²) < 4.78 is 11.7. The summed E-state index contributed by atoms with van der Waals surface area (Å²) in [4.78, 5) is 15.0. The van der Waals surface area contributed by atoms with E-state index in [1.165, 1.54) is 5.56 Å². The molecule has 130 valence electrons. The molecule has 1 aromatic carbocycles. The Morgan fingerprint density at radius 2 is 2.25 bits per heavy atom. The Morgan fingerprint density at radius 1 is 1.50 bits per heavy atom. The average molecular weight is 331 g/mol. The molecule has 0 saturated carbocycles. The molecular weight excluding hydrogens is 306 g/mol. The zero-order valence-corrected chi connectivity index (χ0v) is 14.8. The van der Waals surface area contributed by atoms with Crippen LogP contribution in [0.4, 0.5) is 0 Å². The number of ether oxygens (including phenoxy) is 2. The summed E-state index contributed by atoms with van der Waals surface area (Å²) in [5.74, 6) is 1.35. The zero-order chi connectivity index (χ0) is 17.3. The Hall–Kier alpha value is -1.59. The van der Waals surface area contributed by atoms with Crippen molar-refractivity contribution in [3.8, 4) is 11.5 Å². The number of carbonyl (C=O) groups is 1.